The first kappa shape index (κ1) is 18.6. The average Bonchev–Trinajstić information content (AvgIpc) is 3.10. The van der Waals surface area contributed by atoms with Crippen molar-refractivity contribution in [1.29, 1.82) is 0 Å². The van der Waals surface area contributed by atoms with E-state index in [9.17, 15) is 13.2 Å². The van der Waals surface area contributed by atoms with Gasteiger partial charge in [-0.25, -0.2) is 12.7 Å². The predicted octanol–water partition coefficient (Wildman–Crippen LogP) is 2.08. The molecule has 1 aromatic heterocycles. The monoisotopic (exact) mass is 376 g/mol. The van der Waals surface area contributed by atoms with E-state index in [1.54, 1.807) is 17.1 Å². The number of nitrogens with one attached hydrogen (secondary N) is 1. The topological polar surface area (TPSA) is 84.3 Å². The van der Waals surface area contributed by atoms with Crippen LogP contribution in [0.4, 0.5) is 5.69 Å². The molecular formula is C18H24N4O3S. The van der Waals surface area contributed by atoms with Crippen LogP contribution in [0.5, 0.6) is 0 Å². The van der Waals surface area contributed by atoms with E-state index in [1.165, 1.54) is 4.31 Å². The zero-order valence-corrected chi connectivity index (χ0v) is 15.7. The Kier molecular flexibility index (Phi) is 5.73. The zero-order chi connectivity index (χ0) is 18.6. The Labute approximate surface area is 154 Å². The SMILES string of the molecule is CCn1cc(NC(=O)C2CCN(S(=O)(=O)Cc3ccccc3)CC2)cn1. The van der Waals surface area contributed by atoms with Crippen molar-refractivity contribution >= 4 is 21.6 Å². The third kappa shape index (κ3) is 4.50. The highest BCUT2D eigenvalue weighted by molar-refractivity contribution is 7.88. The van der Waals surface area contributed by atoms with Crippen LogP contribution in [0.2, 0.25) is 0 Å². The molecule has 7 nitrogen and oxygen atoms in total. The van der Waals surface area contributed by atoms with Gasteiger partial charge < -0.3 is 5.32 Å². The van der Waals surface area contributed by atoms with E-state index >= 15 is 0 Å². The lowest BCUT2D eigenvalue weighted by Gasteiger charge is -2.30. The molecule has 140 valence electrons. The summed E-state index contributed by atoms with van der Waals surface area (Å²) in [7, 11) is -3.36. The Morgan fingerprint density at radius 2 is 1.92 bits per heavy atom. The summed E-state index contributed by atoms with van der Waals surface area (Å²) < 4.78 is 28.4. The third-order valence-electron chi connectivity index (χ3n) is 4.63. The fourth-order valence-corrected chi connectivity index (χ4v) is 4.68. The van der Waals surface area contributed by atoms with Crippen molar-refractivity contribution in [2.24, 2.45) is 5.92 Å². The summed E-state index contributed by atoms with van der Waals surface area (Å²) in [5, 5.41) is 7.00. The number of aromatic nitrogens is 2. The molecular weight excluding hydrogens is 352 g/mol. The van der Waals surface area contributed by atoms with Gasteiger partial charge in [-0.05, 0) is 25.3 Å². The van der Waals surface area contributed by atoms with Crippen LogP contribution in [0, 0.1) is 5.92 Å². The number of rotatable bonds is 6. The van der Waals surface area contributed by atoms with Crippen molar-refractivity contribution in [3.8, 4) is 0 Å². The van der Waals surface area contributed by atoms with Gasteiger partial charge in [-0.1, -0.05) is 30.3 Å². The van der Waals surface area contributed by atoms with E-state index in [4.69, 9.17) is 0 Å². The highest BCUT2D eigenvalue weighted by Crippen LogP contribution is 2.23. The summed E-state index contributed by atoms with van der Waals surface area (Å²) >= 11 is 0. The van der Waals surface area contributed by atoms with Gasteiger partial charge in [0.15, 0.2) is 0 Å². The Morgan fingerprint density at radius 1 is 1.23 bits per heavy atom. The van der Waals surface area contributed by atoms with Crippen LogP contribution >= 0.6 is 0 Å². The Morgan fingerprint density at radius 3 is 2.54 bits per heavy atom. The van der Waals surface area contributed by atoms with Crippen LogP contribution in [0.3, 0.4) is 0 Å². The molecule has 8 heteroatoms. The Bertz CT molecular complexity index is 840. The summed E-state index contributed by atoms with van der Waals surface area (Å²) in [4.78, 5) is 12.4. The number of anilines is 1. The molecule has 0 saturated carbocycles. The molecule has 1 N–H and O–H groups in total. The number of benzene rings is 1. The number of amides is 1. The van der Waals surface area contributed by atoms with Crippen molar-refractivity contribution in [2.75, 3.05) is 18.4 Å². The van der Waals surface area contributed by atoms with Crippen LogP contribution in [-0.2, 0) is 27.1 Å². The molecule has 0 aliphatic carbocycles. The van der Waals surface area contributed by atoms with Gasteiger partial charge in [-0.2, -0.15) is 5.10 Å². The molecule has 1 aromatic carbocycles. The highest BCUT2D eigenvalue weighted by atomic mass is 32.2. The first-order chi connectivity index (χ1) is 12.5. The molecule has 26 heavy (non-hydrogen) atoms. The lowest BCUT2D eigenvalue weighted by Crippen LogP contribution is -2.41. The fourth-order valence-electron chi connectivity index (χ4n) is 3.12. The molecule has 0 unspecified atom stereocenters. The number of carbonyl (C=O) groups excluding carboxylic acids is 1. The van der Waals surface area contributed by atoms with Gasteiger partial charge in [0.2, 0.25) is 15.9 Å². The second kappa shape index (κ2) is 8.01. The Balaban J connectivity index is 1.54. The van der Waals surface area contributed by atoms with E-state index in [2.05, 4.69) is 10.4 Å². The number of piperidine rings is 1. The van der Waals surface area contributed by atoms with Gasteiger partial charge in [0, 0.05) is 31.7 Å². The lowest BCUT2D eigenvalue weighted by atomic mass is 9.97. The van der Waals surface area contributed by atoms with Gasteiger partial charge in [0.1, 0.15) is 0 Å². The molecule has 1 saturated heterocycles. The molecule has 2 aromatic rings. The van der Waals surface area contributed by atoms with Gasteiger partial charge in [0.05, 0.1) is 17.6 Å². The van der Waals surface area contributed by atoms with Crippen molar-refractivity contribution in [3.05, 3.63) is 48.3 Å². The maximum absolute atomic E-state index is 12.6. The summed E-state index contributed by atoms with van der Waals surface area (Å²) in [5.74, 6) is -0.245. The first-order valence-electron chi connectivity index (χ1n) is 8.83. The molecule has 1 aliphatic rings. The van der Waals surface area contributed by atoms with E-state index in [-0.39, 0.29) is 17.6 Å². The summed E-state index contributed by atoms with van der Waals surface area (Å²) in [6, 6.07) is 9.16. The maximum atomic E-state index is 12.6. The van der Waals surface area contributed by atoms with E-state index < -0.39 is 10.0 Å². The van der Waals surface area contributed by atoms with E-state index in [0.29, 0.717) is 31.6 Å². The molecule has 0 bridgehead atoms. The number of carbonyl (C=O) groups is 1. The zero-order valence-electron chi connectivity index (χ0n) is 14.8. The number of aryl methyl sites for hydroxylation is 1. The van der Waals surface area contributed by atoms with Gasteiger partial charge in [-0.3, -0.25) is 9.48 Å². The van der Waals surface area contributed by atoms with Gasteiger partial charge in [-0.15, -0.1) is 0 Å². The second-order valence-corrected chi connectivity index (χ2v) is 8.46. The minimum atomic E-state index is -3.36. The number of nitrogens with zero attached hydrogens (tertiary/aromatic N) is 3. The number of hydrogen-bond acceptors (Lipinski definition) is 4. The molecule has 3 rings (SSSR count). The smallest absolute Gasteiger partial charge is 0.227 e. The molecule has 1 amide bonds. The van der Waals surface area contributed by atoms with Gasteiger partial charge in [0.25, 0.3) is 0 Å². The van der Waals surface area contributed by atoms with Crippen LogP contribution in [0.15, 0.2) is 42.7 Å². The van der Waals surface area contributed by atoms with Crippen LogP contribution in [0.1, 0.15) is 25.3 Å². The standard InChI is InChI=1S/C18H24N4O3S/c1-2-21-13-17(12-19-21)20-18(23)16-8-10-22(11-9-16)26(24,25)14-15-6-4-3-5-7-15/h3-7,12-13,16H,2,8-11,14H2,1H3,(H,20,23). The molecule has 1 aliphatic heterocycles. The van der Waals surface area contributed by atoms with Gasteiger partial charge >= 0.3 is 0 Å². The lowest BCUT2D eigenvalue weighted by molar-refractivity contribution is -0.120. The average molecular weight is 376 g/mol. The van der Waals surface area contributed by atoms with E-state index in [1.807, 2.05) is 37.3 Å². The van der Waals surface area contributed by atoms with Crippen LogP contribution in [-0.4, -0.2) is 41.5 Å². The quantitative estimate of drug-likeness (QED) is 0.837. The highest BCUT2D eigenvalue weighted by Gasteiger charge is 2.31. The molecule has 1 fully saturated rings. The van der Waals surface area contributed by atoms with Crippen LogP contribution < -0.4 is 5.32 Å². The Hall–Kier alpha value is -2.19. The number of hydrogen-bond donors (Lipinski definition) is 1. The first-order valence-corrected chi connectivity index (χ1v) is 10.4. The van der Waals surface area contributed by atoms with Crippen molar-refractivity contribution in [3.63, 3.8) is 0 Å². The maximum Gasteiger partial charge on any atom is 0.227 e. The number of sulfonamides is 1. The fraction of sp³-hybridized carbons (Fsp3) is 0.444. The summed E-state index contributed by atoms with van der Waals surface area (Å²) in [5.41, 5.74) is 1.45. The minimum Gasteiger partial charge on any atom is -0.323 e. The summed E-state index contributed by atoms with van der Waals surface area (Å²) in [6.45, 7) is 3.47. The predicted molar refractivity (Wildman–Crippen MR) is 99.9 cm³/mol. The van der Waals surface area contributed by atoms with Crippen LogP contribution in [0.25, 0.3) is 0 Å². The largest absolute Gasteiger partial charge is 0.323 e. The van der Waals surface area contributed by atoms with Crippen molar-refractivity contribution in [1.82, 2.24) is 14.1 Å². The molecule has 0 spiro atoms. The molecule has 0 radical (unpaired) electrons. The second-order valence-electron chi connectivity index (χ2n) is 6.49. The van der Waals surface area contributed by atoms with Crippen molar-refractivity contribution < 1.29 is 13.2 Å². The normalized spacial score (nSPS) is 16.5. The molecule has 0 atom stereocenters. The molecule has 2 heterocycles. The third-order valence-corrected chi connectivity index (χ3v) is 6.48. The van der Waals surface area contributed by atoms with Crippen molar-refractivity contribution in [2.45, 2.75) is 32.1 Å². The summed E-state index contributed by atoms with van der Waals surface area (Å²) in [6.07, 6.45) is 4.47. The minimum absolute atomic E-state index is 0.000898. The van der Waals surface area contributed by atoms with E-state index in [0.717, 1.165) is 12.1 Å².